The number of hydrogen-bond acceptors (Lipinski definition) is 5. The van der Waals surface area contributed by atoms with Gasteiger partial charge in [0.15, 0.2) is 0 Å². The summed E-state index contributed by atoms with van der Waals surface area (Å²) in [6, 6.07) is 7.50. The molecule has 0 radical (unpaired) electrons. The fraction of sp³-hybridized carbons (Fsp3) is 0.353. The van der Waals surface area contributed by atoms with E-state index in [4.69, 9.17) is 9.84 Å². The third-order valence-electron chi connectivity index (χ3n) is 3.19. The number of carboxylic acid groups (broad SMARTS) is 1. The number of thiazole rings is 1. The third kappa shape index (κ3) is 4.55. The minimum atomic E-state index is -1.04. The predicted molar refractivity (Wildman–Crippen MR) is 92.5 cm³/mol. The van der Waals surface area contributed by atoms with E-state index in [0.29, 0.717) is 11.6 Å². The smallest absolute Gasteiger partial charge is 0.323 e. The molecule has 1 amide bonds. The number of carbonyl (C=O) groups excluding carboxylic acids is 1. The Labute approximate surface area is 144 Å². The number of benzene rings is 1. The van der Waals surface area contributed by atoms with Crippen LogP contribution in [0.3, 0.4) is 0 Å². The van der Waals surface area contributed by atoms with Crippen molar-refractivity contribution in [2.75, 3.05) is 13.1 Å². The Bertz CT molecular complexity index is 710. The molecule has 1 heterocycles. The van der Waals surface area contributed by atoms with Crippen LogP contribution in [0.5, 0.6) is 5.75 Å². The van der Waals surface area contributed by atoms with Crippen molar-refractivity contribution in [1.29, 1.82) is 0 Å². The Morgan fingerprint density at radius 1 is 1.29 bits per heavy atom. The van der Waals surface area contributed by atoms with Crippen molar-refractivity contribution >= 4 is 23.2 Å². The van der Waals surface area contributed by atoms with Crippen molar-refractivity contribution in [2.45, 2.75) is 26.9 Å². The fourth-order valence-electron chi connectivity index (χ4n) is 2.11. The molecule has 24 heavy (non-hydrogen) atoms. The van der Waals surface area contributed by atoms with E-state index in [0.717, 1.165) is 11.3 Å². The molecule has 0 atom stereocenters. The van der Waals surface area contributed by atoms with E-state index in [-0.39, 0.29) is 24.2 Å². The zero-order valence-electron chi connectivity index (χ0n) is 13.9. The number of likely N-dealkylation sites (N-methyl/N-ethyl adjacent to an activating group) is 1. The van der Waals surface area contributed by atoms with Gasteiger partial charge in [0.2, 0.25) is 0 Å². The molecule has 1 N–H and O–H groups in total. The Morgan fingerprint density at radius 2 is 1.96 bits per heavy atom. The molecule has 0 bridgehead atoms. The van der Waals surface area contributed by atoms with E-state index < -0.39 is 5.97 Å². The molecular weight excluding hydrogens is 328 g/mol. The number of rotatable bonds is 7. The van der Waals surface area contributed by atoms with Crippen molar-refractivity contribution in [1.82, 2.24) is 9.88 Å². The zero-order chi connectivity index (χ0) is 17.7. The van der Waals surface area contributed by atoms with Gasteiger partial charge in [0.05, 0.1) is 6.10 Å². The van der Waals surface area contributed by atoms with E-state index in [9.17, 15) is 9.59 Å². The topological polar surface area (TPSA) is 79.7 Å². The first kappa shape index (κ1) is 17.9. The summed E-state index contributed by atoms with van der Waals surface area (Å²) in [5.41, 5.74) is 1.15. The molecular formula is C17H20N2O4S. The van der Waals surface area contributed by atoms with Crippen molar-refractivity contribution in [3.8, 4) is 16.3 Å². The lowest BCUT2D eigenvalue weighted by Crippen LogP contribution is -2.35. The van der Waals surface area contributed by atoms with E-state index in [1.54, 1.807) is 12.3 Å². The summed E-state index contributed by atoms with van der Waals surface area (Å²) in [5.74, 6) is -0.635. The molecule has 2 aromatic rings. The largest absolute Gasteiger partial charge is 0.491 e. The third-order valence-corrected chi connectivity index (χ3v) is 4.08. The van der Waals surface area contributed by atoms with E-state index >= 15 is 0 Å². The Kier molecular flexibility index (Phi) is 5.92. The molecule has 1 aromatic carbocycles. The van der Waals surface area contributed by atoms with Crippen LogP contribution in [0.4, 0.5) is 0 Å². The number of amides is 1. The number of aromatic nitrogens is 1. The van der Waals surface area contributed by atoms with Crippen molar-refractivity contribution in [2.24, 2.45) is 0 Å². The van der Waals surface area contributed by atoms with Crippen LogP contribution in [-0.2, 0) is 4.79 Å². The highest BCUT2D eigenvalue weighted by atomic mass is 32.1. The first-order valence-corrected chi connectivity index (χ1v) is 8.52. The zero-order valence-corrected chi connectivity index (χ0v) is 14.7. The van der Waals surface area contributed by atoms with Crippen LogP contribution in [0.2, 0.25) is 0 Å². The highest BCUT2D eigenvalue weighted by molar-refractivity contribution is 7.13. The van der Waals surface area contributed by atoms with Gasteiger partial charge in [0.1, 0.15) is 23.0 Å². The Balaban J connectivity index is 2.14. The van der Waals surface area contributed by atoms with Gasteiger partial charge in [-0.1, -0.05) is 0 Å². The quantitative estimate of drug-likeness (QED) is 0.831. The average Bonchev–Trinajstić information content (AvgIpc) is 3.02. The van der Waals surface area contributed by atoms with Crippen molar-refractivity contribution in [3.05, 3.63) is 35.3 Å². The van der Waals surface area contributed by atoms with Crippen LogP contribution in [0, 0.1) is 0 Å². The average molecular weight is 348 g/mol. The van der Waals surface area contributed by atoms with Gasteiger partial charge in [-0.3, -0.25) is 9.59 Å². The van der Waals surface area contributed by atoms with Crippen LogP contribution in [-0.4, -0.2) is 46.1 Å². The maximum Gasteiger partial charge on any atom is 0.323 e. The molecule has 0 aliphatic rings. The summed E-state index contributed by atoms with van der Waals surface area (Å²) in [4.78, 5) is 28.7. The van der Waals surface area contributed by atoms with E-state index in [2.05, 4.69) is 4.98 Å². The molecule has 2 rings (SSSR count). The van der Waals surface area contributed by atoms with Gasteiger partial charge in [-0.2, -0.15) is 0 Å². The van der Waals surface area contributed by atoms with Gasteiger partial charge in [-0.25, -0.2) is 4.98 Å². The second-order valence-electron chi connectivity index (χ2n) is 5.44. The summed E-state index contributed by atoms with van der Waals surface area (Å²) in [5, 5.41) is 11.2. The molecule has 6 nitrogen and oxygen atoms in total. The SMILES string of the molecule is CCN(CC(=O)O)C(=O)c1csc(-c2ccc(OC(C)C)cc2)n1. The highest BCUT2D eigenvalue weighted by Crippen LogP contribution is 2.26. The lowest BCUT2D eigenvalue weighted by atomic mass is 10.2. The normalized spacial score (nSPS) is 10.7. The molecule has 1 aromatic heterocycles. The lowest BCUT2D eigenvalue weighted by Gasteiger charge is -2.16. The number of carbonyl (C=O) groups is 2. The van der Waals surface area contributed by atoms with Crippen molar-refractivity contribution < 1.29 is 19.4 Å². The number of nitrogens with zero attached hydrogens (tertiary/aromatic N) is 2. The van der Waals surface area contributed by atoms with Crippen LogP contribution in [0.15, 0.2) is 29.6 Å². The molecule has 0 aliphatic carbocycles. The summed E-state index contributed by atoms with van der Waals surface area (Å²) in [7, 11) is 0. The second-order valence-corrected chi connectivity index (χ2v) is 6.30. The van der Waals surface area contributed by atoms with Gasteiger partial charge in [0, 0.05) is 17.5 Å². The molecule has 128 valence electrons. The van der Waals surface area contributed by atoms with Gasteiger partial charge in [0.25, 0.3) is 5.91 Å². The first-order chi connectivity index (χ1) is 11.4. The van der Waals surface area contributed by atoms with Gasteiger partial charge < -0.3 is 14.7 Å². The van der Waals surface area contributed by atoms with Crippen molar-refractivity contribution in [3.63, 3.8) is 0 Å². The summed E-state index contributed by atoms with van der Waals surface area (Å²) in [6.45, 7) is 5.65. The maximum absolute atomic E-state index is 12.3. The lowest BCUT2D eigenvalue weighted by molar-refractivity contribution is -0.137. The first-order valence-electron chi connectivity index (χ1n) is 7.64. The Hall–Kier alpha value is -2.41. The molecule has 0 spiro atoms. The van der Waals surface area contributed by atoms with Crippen LogP contribution < -0.4 is 4.74 Å². The monoisotopic (exact) mass is 348 g/mol. The maximum atomic E-state index is 12.3. The molecule has 0 fully saturated rings. The Morgan fingerprint density at radius 3 is 2.50 bits per heavy atom. The van der Waals surface area contributed by atoms with E-state index in [1.165, 1.54) is 16.2 Å². The summed E-state index contributed by atoms with van der Waals surface area (Å²) in [6.07, 6.45) is 0.106. The van der Waals surface area contributed by atoms with Gasteiger partial charge in [-0.05, 0) is 45.0 Å². The number of aliphatic carboxylic acids is 1. The van der Waals surface area contributed by atoms with Crippen LogP contribution in [0.25, 0.3) is 10.6 Å². The molecule has 0 unspecified atom stereocenters. The molecule has 0 saturated carbocycles. The summed E-state index contributed by atoms with van der Waals surface area (Å²) < 4.78 is 5.60. The number of carboxylic acids is 1. The molecule has 0 saturated heterocycles. The minimum Gasteiger partial charge on any atom is -0.491 e. The van der Waals surface area contributed by atoms with Crippen LogP contribution >= 0.6 is 11.3 Å². The van der Waals surface area contributed by atoms with E-state index in [1.807, 2.05) is 38.1 Å². The van der Waals surface area contributed by atoms with Gasteiger partial charge in [-0.15, -0.1) is 11.3 Å². The van der Waals surface area contributed by atoms with Crippen LogP contribution in [0.1, 0.15) is 31.3 Å². The highest BCUT2D eigenvalue weighted by Gasteiger charge is 2.20. The standard InChI is InChI=1S/C17H20N2O4S/c1-4-19(9-15(20)21)17(22)14-10-24-16(18-14)12-5-7-13(8-6-12)23-11(2)3/h5-8,10-11H,4,9H2,1-3H3,(H,20,21). The number of hydrogen-bond donors (Lipinski definition) is 1. The number of ether oxygens (including phenoxy) is 1. The summed E-state index contributed by atoms with van der Waals surface area (Å²) >= 11 is 1.35. The van der Waals surface area contributed by atoms with Gasteiger partial charge >= 0.3 is 5.97 Å². The second kappa shape index (κ2) is 7.92. The minimum absolute atomic E-state index is 0.106. The molecule has 0 aliphatic heterocycles. The molecule has 7 heteroatoms. The predicted octanol–water partition coefficient (Wildman–Crippen LogP) is 3.14. The fourth-order valence-corrected chi connectivity index (χ4v) is 2.91.